The number of halogens is 1. The van der Waals surface area contributed by atoms with Crippen LogP contribution in [0.5, 0.6) is 0 Å². The van der Waals surface area contributed by atoms with Crippen LogP contribution in [0.15, 0.2) is 27.8 Å². The first-order valence-electron chi connectivity index (χ1n) is 9.27. The van der Waals surface area contributed by atoms with Gasteiger partial charge < -0.3 is 14.0 Å². The normalized spacial score (nSPS) is 16.1. The summed E-state index contributed by atoms with van der Waals surface area (Å²) in [5.41, 5.74) is 9.17. The van der Waals surface area contributed by atoms with E-state index in [1.165, 1.54) is 11.1 Å². The fourth-order valence-corrected chi connectivity index (χ4v) is 4.02. The molecule has 1 aliphatic heterocycles. The highest BCUT2D eigenvalue weighted by molar-refractivity contribution is 9.10. The van der Waals surface area contributed by atoms with E-state index in [0.29, 0.717) is 13.2 Å². The summed E-state index contributed by atoms with van der Waals surface area (Å²) in [7, 11) is 0. The Hall–Kier alpha value is -1.96. The number of amides is 1. The Labute approximate surface area is 174 Å². The van der Waals surface area contributed by atoms with Gasteiger partial charge in [0, 0.05) is 27.1 Å². The number of carbonyl (C=O) groups is 1. The highest BCUT2D eigenvalue weighted by Gasteiger charge is 2.33. The van der Waals surface area contributed by atoms with Crippen LogP contribution in [-0.2, 0) is 14.3 Å². The molecular weight excluding hydrogens is 422 g/mol. The minimum Gasteiger partial charge on any atom is -0.347 e. The van der Waals surface area contributed by atoms with Crippen molar-refractivity contribution < 1.29 is 14.3 Å². The molecule has 2 heterocycles. The van der Waals surface area contributed by atoms with E-state index in [0.717, 1.165) is 27.1 Å². The van der Waals surface area contributed by atoms with Gasteiger partial charge in [-0.2, -0.15) is 5.10 Å². The molecule has 1 fully saturated rings. The molecule has 1 N–H and O–H groups in total. The highest BCUT2D eigenvalue weighted by atomic mass is 79.9. The molecular formula is C21H26BrN3O3. The van der Waals surface area contributed by atoms with Gasteiger partial charge in [0.05, 0.1) is 25.8 Å². The number of carbonyl (C=O) groups excluding carboxylic acids is 1. The molecule has 1 aromatic carbocycles. The van der Waals surface area contributed by atoms with Crippen molar-refractivity contribution in [3.05, 3.63) is 50.8 Å². The van der Waals surface area contributed by atoms with Gasteiger partial charge in [0.25, 0.3) is 0 Å². The van der Waals surface area contributed by atoms with E-state index >= 15 is 0 Å². The number of aryl methyl sites for hydroxylation is 2. The van der Waals surface area contributed by atoms with Crippen LogP contribution in [0.3, 0.4) is 0 Å². The SMILES string of the molecule is Cc1ccc(C)c(-n2c(C)c(Br)c(/C=N\NC(=O)CC3(C)OCCO3)c2C)c1. The summed E-state index contributed by atoms with van der Waals surface area (Å²) in [6.45, 7) is 11.1. The molecule has 1 amide bonds. The lowest BCUT2D eigenvalue weighted by Gasteiger charge is -2.20. The zero-order valence-corrected chi connectivity index (χ0v) is 18.5. The standard InChI is InChI=1S/C21H26BrN3O3/c1-13-6-7-14(2)18(10-13)25-15(3)17(20(22)16(25)4)12-23-24-19(26)11-21(5)27-8-9-28-21/h6-7,10,12H,8-9,11H2,1-5H3,(H,24,26)/b23-12-. The second kappa shape index (κ2) is 8.19. The summed E-state index contributed by atoms with van der Waals surface area (Å²) in [6.07, 6.45) is 1.78. The largest absolute Gasteiger partial charge is 0.347 e. The maximum Gasteiger partial charge on any atom is 0.245 e. The lowest BCUT2D eigenvalue weighted by molar-refractivity contribution is -0.159. The van der Waals surface area contributed by atoms with Gasteiger partial charge in [-0.25, -0.2) is 5.43 Å². The molecule has 0 radical (unpaired) electrons. The van der Waals surface area contributed by atoms with Crippen molar-refractivity contribution >= 4 is 28.1 Å². The molecule has 0 atom stereocenters. The lowest BCUT2D eigenvalue weighted by Crippen LogP contribution is -2.33. The van der Waals surface area contributed by atoms with Crippen molar-refractivity contribution in [2.75, 3.05) is 13.2 Å². The quantitative estimate of drug-likeness (QED) is 0.554. The number of nitrogens with one attached hydrogen (secondary N) is 1. The van der Waals surface area contributed by atoms with E-state index in [2.05, 4.69) is 70.0 Å². The van der Waals surface area contributed by atoms with Gasteiger partial charge in [0.2, 0.25) is 5.91 Å². The van der Waals surface area contributed by atoms with Crippen molar-refractivity contribution in [2.45, 2.75) is 46.8 Å². The Morgan fingerprint density at radius 3 is 2.61 bits per heavy atom. The third-order valence-corrected chi connectivity index (χ3v) is 5.98. The number of rotatable bonds is 5. The first kappa shape index (κ1) is 20.8. The van der Waals surface area contributed by atoms with E-state index in [-0.39, 0.29) is 12.3 Å². The smallest absolute Gasteiger partial charge is 0.245 e. The third-order valence-electron chi connectivity index (χ3n) is 4.98. The predicted octanol–water partition coefficient (Wildman–Crippen LogP) is 4.08. The van der Waals surface area contributed by atoms with Gasteiger partial charge in [0.15, 0.2) is 5.79 Å². The minimum absolute atomic E-state index is 0.104. The van der Waals surface area contributed by atoms with Crippen LogP contribution in [0, 0.1) is 27.7 Å². The molecule has 1 saturated heterocycles. The van der Waals surface area contributed by atoms with Gasteiger partial charge in [0.1, 0.15) is 0 Å². The van der Waals surface area contributed by atoms with Crippen molar-refractivity contribution in [1.29, 1.82) is 0 Å². The van der Waals surface area contributed by atoms with Crippen LogP contribution in [0.25, 0.3) is 5.69 Å². The van der Waals surface area contributed by atoms with Crippen LogP contribution in [-0.4, -0.2) is 35.7 Å². The summed E-state index contributed by atoms with van der Waals surface area (Å²) >= 11 is 3.67. The minimum atomic E-state index is -0.862. The number of hydrogen-bond acceptors (Lipinski definition) is 4. The van der Waals surface area contributed by atoms with Crippen molar-refractivity contribution in [2.24, 2.45) is 5.10 Å². The second-order valence-corrected chi connectivity index (χ2v) is 8.12. The summed E-state index contributed by atoms with van der Waals surface area (Å²) in [5.74, 6) is -1.11. The first-order chi connectivity index (χ1) is 13.2. The Bertz CT molecular complexity index is 927. The van der Waals surface area contributed by atoms with E-state index in [4.69, 9.17) is 9.47 Å². The van der Waals surface area contributed by atoms with E-state index in [1.54, 1.807) is 13.1 Å². The Kier molecular flexibility index (Phi) is 6.07. The highest BCUT2D eigenvalue weighted by Crippen LogP contribution is 2.31. The zero-order valence-electron chi connectivity index (χ0n) is 16.9. The number of hydrogen-bond donors (Lipinski definition) is 1. The number of ether oxygens (including phenoxy) is 2. The molecule has 150 valence electrons. The van der Waals surface area contributed by atoms with Gasteiger partial charge in [-0.15, -0.1) is 0 Å². The van der Waals surface area contributed by atoms with E-state index < -0.39 is 5.79 Å². The monoisotopic (exact) mass is 447 g/mol. The molecule has 0 bridgehead atoms. The number of nitrogens with zero attached hydrogens (tertiary/aromatic N) is 2. The number of hydrazone groups is 1. The molecule has 1 aromatic heterocycles. The van der Waals surface area contributed by atoms with Crippen LogP contribution >= 0.6 is 15.9 Å². The van der Waals surface area contributed by atoms with Crippen LogP contribution < -0.4 is 5.43 Å². The summed E-state index contributed by atoms with van der Waals surface area (Å²) in [4.78, 5) is 12.1. The summed E-state index contributed by atoms with van der Waals surface area (Å²) < 4.78 is 14.1. The lowest BCUT2D eigenvalue weighted by atomic mass is 10.1. The number of benzene rings is 1. The summed E-state index contributed by atoms with van der Waals surface area (Å²) in [5, 5.41) is 4.15. The zero-order chi connectivity index (χ0) is 20.5. The Morgan fingerprint density at radius 1 is 1.25 bits per heavy atom. The van der Waals surface area contributed by atoms with Gasteiger partial charge in [-0.1, -0.05) is 12.1 Å². The van der Waals surface area contributed by atoms with Crippen molar-refractivity contribution in [3.8, 4) is 5.69 Å². The first-order valence-corrected chi connectivity index (χ1v) is 10.1. The maximum atomic E-state index is 12.1. The van der Waals surface area contributed by atoms with Crippen LogP contribution in [0.2, 0.25) is 0 Å². The molecule has 28 heavy (non-hydrogen) atoms. The topological polar surface area (TPSA) is 64.9 Å². The molecule has 6 nitrogen and oxygen atoms in total. The fraction of sp³-hybridized carbons (Fsp3) is 0.429. The summed E-state index contributed by atoms with van der Waals surface area (Å²) in [6, 6.07) is 6.41. The van der Waals surface area contributed by atoms with Crippen molar-refractivity contribution in [3.63, 3.8) is 0 Å². The van der Waals surface area contributed by atoms with Crippen LogP contribution in [0.1, 0.15) is 41.4 Å². The maximum absolute atomic E-state index is 12.1. The molecule has 3 rings (SSSR count). The molecule has 0 aliphatic carbocycles. The number of aromatic nitrogens is 1. The third kappa shape index (κ3) is 4.21. The fourth-order valence-electron chi connectivity index (χ4n) is 3.45. The van der Waals surface area contributed by atoms with E-state index in [9.17, 15) is 4.79 Å². The van der Waals surface area contributed by atoms with Gasteiger partial charge in [-0.05, 0) is 67.7 Å². The molecule has 1 aliphatic rings. The Morgan fingerprint density at radius 2 is 1.93 bits per heavy atom. The van der Waals surface area contributed by atoms with Gasteiger partial charge >= 0.3 is 0 Å². The molecule has 7 heteroatoms. The van der Waals surface area contributed by atoms with Crippen LogP contribution in [0.4, 0.5) is 0 Å². The predicted molar refractivity (Wildman–Crippen MR) is 113 cm³/mol. The second-order valence-electron chi connectivity index (χ2n) is 7.32. The van der Waals surface area contributed by atoms with Crippen molar-refractivity contribution in [1.82, 2.24) is 9.99 Å². The van der Waals surface area contributed by atoms with Gasteiger partial charge in [-0.3, -0.25) is 4.79 Å². The van der Waals surface area contributed by atoms with E-state index in [1.807, 2.05) is 6.92 Å². The molecule has 0 unspecified atom stereocenters. The average molecular weight is 448 g/mol. The Balaban J connectivity index is 1.80. The molecule has 0 spiro atoms. The molecule has 2 aromatic rings. The molecule has 0 saturated carbocycles. The average Bonchev–Trinajstić information content (AvgIpc) is 3.14.